The van der Waals surface area contributed by atoms with E-state index in [0.29, 0.717) is 18.9 Å². The maximum atomic E-state index is 11.5. The van der Waals surface area contributed by atoms with E-state index in [1.807, 2.05) is 0 Å². The van der Waals surface area contributed by atoms with Crippen molar-refractivity contribution in [1.29, 1.82) is 0 Å². The summed E-state index contributed by atoms with van der Waals surface area (Å²) < 4.78 is 5.26. The van der Waals surface area contributed by atoms with Gasteiger partial charge in [-0.1, -0.05) is 6.92 Å². The van der Waals surface area contributed by atoms with E-state index in [1.165, 1.54) is 0 Å². The minimum absolute atomic E-state index is 0.138. The van der Waals surface area contributed by atoms with Crippen LogP contribution in [0.5, 0.6) is 0 Å². The first-order valence-electron chi connectivity index (χ1n) is 6.49. The van der Waals surface area contributed by atoms with Gasteiger partial charge >= 0.3 is 0 Å². The number of nitrogens with one attached hydrogen (secondary N) is 1. The Kier molecular flexibility index (Phi) is 7.16. The summed E-state index contributed by atoms with van der Waals surface area (Å²) in [5.41, 5.74) is 5.51. The highest BCUT2D eigenvalue weighted by Crippen LogP contribution is 2.02. The molecule has 0 aromatic carbocycles. The van der Waals surface area contributed by atoms with Gasteiger partial charge < -0.3 is 15.8 Å². The predicted molar refractivity (Wildman–Crippen MR) is 67.7 cm³/mol. The zero-order valence-corrected chi connectivity index (χ0v) is 10.8. The maximum absolute atomic E-state index is 11.5. The number of nitrogens with two attached hydrogens (primary N) is 1. The Morgan fingerprint density at radius 2 is 2.18 bits per heavy atom. The van der Waals surface area contributed by atoms with Crippen molar-refractivity contribution < 1.29 is 9.53 Å². The molecule has 1 atom stereocenters. The van der Waals surface area contributed by atoms with Crippen molar-refractivity contribution in [2.24, 2.45) is 11.7 Å². The first-order valence-corrected chi connectivity index (χ1v) is 6.49. The van der Waals surface area contributed by atoms with Crippen LogP contribution < -0.4 is 11.1 Å². The largest absolute Gasteiger partial charge is 0.379 e. The maximum Gasteiger partial charge on any atom is 0.220 e. The molecule has 1 unspecified atom stereocenters. The fourth-order valence-electron chi connectivity index (χ4n) is 1.76. The van der Waals surface area contributed by atoms with Crippen LogP contribution in [0.4, 0.5) is 0 Å². The van der Waals surface area contributed by atoms with Gasteiger partial charge in [0.1, 0.15) is 0 Å². The molecule has 0 aromatic heterocycles. The number of morpholine rings is 1. The van der Waals surface area contributed by atoms with Crippen LogP contribution in [0.3, 0.4) is 0 Å². The molecule has 17 heavy (non-hydrogen) atoms. The van der Waals surface area contributed by atoms with Crippen molar-refractivity contribution in [2.75, 3.05) is 45.9 Å². The lowest BCUT2D eigenvalue weighted by Crippen LogP contribution is -2.41. The van der Waals surface area contributed by atoms with Gasteiger partial charge in [0, 0.05) is 32.6 Å². The highest BCUT2D eigenvalue weighted by atomic mass is 16.5. The second kappa shape index (κ2) is 8.44. The van der Waals surface area contributed by atoms with Crippen molar-refractivity contribution in [3.8, 4) is 0 Å². The lowest BCUT2D eigenvalue weighted by molar-refractivity contribution is -0.121. The molecule has 0 aromatic rings. The van der Waals surface area contributed by atoms with Gasteiger partial charge in [0.2, 0.25) is 5.91 Å². The Balaban J connectivity index is 1.99. The fourth-order valence-corrected chi connectivity index (χ4v) is 1.76. The molecule has 5 nitrogen and oxygen atoms in total. The number of carbonyl (C=O) groups excluding carboxylic acids is 1. The molecule has 100 valence electrons. The van der Waals surface area contributed by atoms with Gasteiger partial charge in [0.25, 0.3) is 0 Å². The van der Waals surface area contributed by atoms with E-state index in [1.54, 1.807) is 0 Å². The van der Waals surface area contributed by atoms with Crippen molar-refractivity contribution in [2.45, 2.75) is 19.8 Å². The standard InChI is InChI=1S/C12H25N3O2/c1-11(10-13)2-3-12(16)14-4-5-15-6-8-17-9-7-15/h11H,2-10,13H2,1H3,(H,14,16). The van der Waals surface area contributed by atoms with Crippen LogP contribution in [-0.4, -0.2) is 56.7 Å². The molecular weight excluding hydrogens is 218 g/mol. The summed E-state index contributed by atoms with van der Waals surface area (Å²) in [5, 5.41) is 2.95. The number of hydrogen-bond acceptors (Lipinski definition) is 4. The molecule has 1 fully saturated rings. The third-order valence-electron chi connectivity index (χ3n) is 3.12. The topological polar surface area (TPSA) is 67.6 Å². The molecule has 1 amide bonds. The summed E-state index contributed by atoms with van der Waals surface area (Å²) in [5.74, 6) is 0.568. The second-order valence-corrected chi connectivity index (χ2v) is 4.68. The number of rotatable bonds is 7. The number of nitrogens with zero attached hydrogens (tertiary/aromatic N) is 1. The molecule has 1 rings (SSSR count). The molecule has 0 aliphatic carbocycles. The number of carbonyl (C=O) groups is 1. The molecule has 1 heterocycles. The van der Waals surface area contributed by atoms with Gasteiger partial charge in [0.05, 0.1) is 13.2 Å². The van der Waals surface area contributed by atoms with Crippen LogP contribution in [0.1, 0.15) is 19.8 Å². The van der Waals surface area contributed by atoms with E-state index >= 15 is 0 Å². The Morgan fingerprint density at radius 1 is 1.47 bits per heavy atom. The Labute approximate surface area is 104 Å². The molecule has 0 bridgehead atoms. The zero-order valence-electron chi connectivity index (χ0n) is 10.8. The Bertz CT molecular complexity index is 218. The van der Waals surface area contributed by atoms with E-state index in [0.717, 1.165) is 45.8 Å². The Morgan fingerprint density at radius 3 is 2.82 bits per heavy atom. The predicted octanol–water partition coefficient (Wildman–Crippen LogP) is -0.190. The van der Waals surface area contributed by atoms with E-state index < -0.39 is 0 Å². The summed E-state index contributed by atoms with van der Waals surface area (Å²) in [7, 11) is 0. The third kappa shape index (κ3) is 6.61. The first-order chi connectivity index (χ1) is 8.22. The van der Waals surface area contributed by atoms with Crippen molar-refractivity contribution in [3.63, 3.8) is 0 Å². The van der Waals surface area contributed by atoms with Crippen molar-refractivity contribution in [3.05, 3.63) is 0 Å². The lowest BCUT2D eigenvalue weighted by Gasteiger charge is -2.26. The van der Waals surface area contributed by atoms with Crippen LogP contribution in [0.15, 0.2) is 0 Å². The van der Waals surface area contributed by atoms with E-state index in [-0.39, 0.29) is 5.91 Å². The zero-order chi connectivity index (χ0) is 12.5. The highest BCUT2D eigenvalue weighted by molar-refractivity contribution is 5.75. The molecule has 1 saturated heterocycles. The van der Waals surface area contributed by atoms with Gasteiger partial charge in [-0.05, 0) is 18.9 Å². The third-order valence-corrected chi connectivity index (χ3v) is 3.12. The van der Waals surface area contributed by atoms with Gasteiger partial charge in [0.15, 0.2) is 0 Å². The number of hydrogen-bond donors (Lipinski definition) is 2. The normalized spacial score (nSPS) is 18.9. The minimum Gasteiger partial charge on any atom is -0.379 e. The van der Waals surface area contributed by atoms with Crippen LogP contribution in [0, 0.1) is 5.92 Å². The summed E-state index contributed by atoms with van der Waals surface area (Å²) in [6.45, 7) is 7.93. The van der Waals surface area contributed by atoms with Crippen LogP contribution in [0.25, 0.3) is 0 Å². The minimum atomic E-state index is 0.138. The number of amides is 1. The quantitative estimate of drug-likeness (QED) is 0.650. The van der Waals surface area contributed by atoms with E-state index in [9.17, 15) is 4.79 Å². The van der Waals surface area contributed by atoms with E-state index in [4.69, 9.17) is 10.5 Å². The van der Waals surface area contributed by atoms with Crippen LogP contribution >= 0.6 is 0 Å². The molecule has 1 aliphatic rings. The van der Waals surface area contributed by atoms with Gasteiger partial charge in [-0.25, -0.2) is 0 Å². The van der Waals surface area contributed by atoms with Gasteiger partial charge in [-0.3, -0.25) is 9.69 Å². The molecule has 0 saturated carbocycles. The van der Waals surface area contributed by atoms with E-state index in [2.05, 4.69) is 17.1 Å². The Hall–Kier alpha value is -0.650. The smallest absolute Gasteiger partial charge is 0.220 e. The fraction of sp³-hybridized carbons (Fsp3) is 0.917. The van der Waals surface area contributed by atoms with Crippen molar-refractivity contribution in [1.82, 2.24) is 10.2 Å². The first kappa shape index (κ1) is 14.4. The second-order valence-electron chi connectivity index (χ2n) is 4.68. The SMILES string of the molecule is CC(CN)CCC(=O)NCCN1CCOCC1. The van der Waals surface area contributed by atoms with Crippen LogP contribution in [-0.2, 0) is 9.53 Å². The lowest BCUT2D eigenvalue weighted by atomic mass is 10.1. The number of ether oxygens (including phenoxy) is 1. The van der Waals surface area contributed by atoms with Gasteiger partial charge in [-0.2, -0.15) is 0 Å². The monoisotopic (exact) mass is 243 g/mol. The summed E-state index contributed by atoms with van der Waals surface area (Å²) >= 11 is 0. The molecule has 0 radical (unpaired) electrons. The molecule has 0 spiro atoms. The summed E-state index contributed by atoms with van der Waals surface area (Å²) in [4.78, 5) is 13.8. The molecular formula is C12H25N3O2. The van der Waals surface area contributed by atoms with Gasteiger partial charge in [-0.15, -0.1) is 0 Å². The summed E-state index contributed by atoms with van der Waals surface area (Å²) in [6, 6.07) is 0. The highest BCUT2D eigenvalue weighted by Gasteiger charge is 2.10. The average Bonchev–Trinajstić information content (AvgIpc) is 2.37. The van der Waals surface area contributed by atoms with Crippen molar-refractivity contribution >= 4 is 5.91 Å². The molecule has 1 aliphatic heterocycles. The summed E-state index contributed by atoms with van der Waals surface area (Å²) in [6.07, 6.45) is 1.46. The molecule has 3 N–H and O–H groups in total. The molecule has 5 heteroatoms. The average molecular weight is 243 g/mol. The van der Waals surface area contributed by atoms with Crippen LogP contribution in [0.2, 0.25) is 0 Å².